The number of carbonyl (C=O) groups is 1. The number of pyridine rings is 3. The molecule has 0 aliphatic carbocycles. The summed E-state index contributed by atoms with van der Waals surface area (Å²) >= 11 is 0. The van der Waals surface area contributed by atoms with Crippen molar-refractivity contribution in [2.75, 3.05) is 16.8 Å². The molecule has 3 aromatic heterocycles. The second-order valence-electron chi connectivity index (χ2n) is 6.71. The van der Waals surface area contributed by atoms with E-state index in [9.17, 15) is 18.0 Å². The summed E-state index contributed by atoms with van der Waals surface area (Å²) in [6.07, 6.45) is 2.80. The number of hydrogen-bond acceptors (Lipinski definition) is 6. The molecule has 3 heterocycles. The molecule has 1 amide bonds. The van der Waals surface area contributed by atoms with Crippen molar-refractivity contribution in [1.29, 1.82) is 0 Å². The molecule has 4 rings (SSSR count). The van der Waals surface area contributed by atoms with Crippen LogP contribution in [0.4, 0.5) is 30.4 Å². The summed E-state index contributed by atoms with van der Waals surface area (Å²) in [5.41, 5.74) is 11.7. The van der Waals surface area contributed by atoms with Gasteiger partial charge < -0.3 is 16.8 Å². The number of anilines is 3. The Labute approximate surface area is 180 Å². The predicted molar refractivity (Wildman–Crippen MR) is 114 cm³/mol. The van der Waals surface area contributed by atoms with Gasteiger partial charge in [0.1, 0.15) is 17.5 Å². The lowest BCUT2D eigenvalue weighted by atomic mass is 10.1. The molecule has 10 heteroatoms. The number of benzene rings is 1. The van der Waals surface area contributed by atoms with Crippen LogP contribution in [0.15, 0.2) is 60.9 Å². The quantitative estimate of drug-likeness (QED) is 0.416. The van der Waals surface area contributed by atoms with Crippen LogP contribution in [-0.2, 0) is 0 Å². The van der Waals surface area contributed by atoms with E-state index in [2.05, 4.69) is 20.3 Å². The van der Waals surface area contributed by atoms with Gasteiger partial charge in [-0.05, 0) is 42.0 Å². The molecule has 0 spiro atoms. The van der Waals surface area contributed by atoms with Crippen molar-refractivity contribution in [2.24, 2.45) is 0 Å². The average molecular weight is 436 g/mol. The SMILES string of the molecule is Nc1cc(-c2ccncc2NC(=O)c2nc(-c3c(F)cccc3F)ccc2N)cc(F)n1. The molecule has 32 heavy (non-hydrogen) atoms. The van der Waals surface area contributed by atoms with E-state index in [1.54, 1.807) is 6.07 Å². The Kier molecular flexibility index (Phi) is 5.42. The molecule has 0 radical (unpaired) electrons. The zero-order valence-electron chi connectivity index (χ0n) is 16.3. The van der Waals surface area contributed by atoms with Crippen molar-refractivity contribution in [3.63, 3.8) is 0 Å². The molecule has 0 fully saturated rings. The minimum atomic E-state index is -0.833. The maximum Gasteiger partial charge on any atom is 0.276 e. The molecule has 0 aliphatic rings. The van der Waals surface area contributed by atoms with E-state index in [-0.39, 0.29) is 34.1 Å². The average Bonchev–Trinajstić information content (AvgIpc) is 2.74. The lowest BCUT2D eigenvalue weighted by Gasteiger charge is -2.13. The van der Waals surface area contributed by atoms with E-state index < -0.39 is 23.5 Å². The molecule has 0 atom stereocenters. The van der Waals surface area contributed by atoms with Crippen molar-refractivity contribution in [2.45, 2.75) is 0 Å². The van der Waals surface area contributed by atoms with Gasteiger partial charge in [-0.3, -0.25) is 9.78 Å². The molecule has 0 unspecified atom stereocenters. The first-order chi connectivity index (χ1) is 15.3. The number of hydrogen-bond donors (Lipinski definition) is 3. The van der Waals surface area contributed by atoms with Crippen molar-refractivity contribution >= 4 is 23.1 Å². The third-order valence-corrected chi connectivity index (χ3v) is 4.55. The van der Waals surface area contributed by atoms with Crippen molar-refractivity contribution in [1.82, 2.24) is 15.0 Å². The molecule has 4 aromatic rings. The van der Waals surface area contributed by atoms with E-state index >= 15 is 0 Å². The zero-order chi connectivity index (χ0) is 22.8. The molecular formula is C22H15F3N6O. The van der Waals surface area contributed by atoms with Gasteiger partial charge in [0.05, 0.1) is 28.8 Å². The highest BCUT2D eigenvalue weighted by molar-refractivity contribution is 6.08. The van der Waals surface area contributed by atoms with Crippen LogP contribution in [0.1, 0.15) is 10.5 Å². The van der Waals surface area contributed by atoms with Crippen molar-refractivity contribution in [3.8, 4) is 22.4 Å². The van der Waals surface area contributed by atoms with Crippen LogP contribution in [0.25, 0.3) is 22.4 Å². The van der Waals surface area contributed by atoms with Gasteiger partial charge in [-0.2, -0.15) is 4.39 Å². The summed E-state index contributed by atoms with van der Waals surface area (Å²) in [7, 11) is 0. The number of nitrogens with zero attached hydrogens (tertiary/aromatic N) is 3. The molecule has 0 bridgehead atoms. The molecule has 1 aromatic carbocycles. The van der Waals surface area contributed by atoms with Gasteiger partial charge in [-0.25, -0.2) is 18.7 Å². The summed E-state index contributed by atoms with van der Waals surface area (Å²) in [6, 6.07) is 10.1. The number of amides is 1. The Morgan fingerprint density at radius 1 is 0.938 bits per heavy atom. The number of halogens is 3. The summed E-state index contributed by atoms with van der Waals surface area (Å²) in [5, 5.41) is 2.60. The topological polar surface area (TPSA) is 120 Å². The van der Waals surface area contributed by atoms with Crippen LogP contribution < -0.4 is 16.8 Å². The number of aromatic nitrogens is 3. The standard InChI is InChI=1S/C22H15F3N6O/c23-13-2-1-3-14(24)20(13)16-5-4-15(26)21(29-16)22(32)30-17-10-28-7-6-12(17)11-8-18(25)31-19(27)9-11/h1-10H,26H2,(H2,27,31)(H,30,32). The smallest absolute Gasteiger partial charge is 0.276 e. The van der Waals surface area contributed by atoms with Gasteiger partial charge in [0.25, 0.3) is 5.91 Å². The fourth-order valence-corrected chi connectivity index (χ4v) is 3.13. The Balaban J connectivity index is 1.72. The second-order valence-corrected chi connectivity index (χ2v) is 6.71. The molecular weight excluding hydrogens is 421 g/mol. The van der Waals surface area contributed by atoms with E-state index in [0.717, 1.165) is 18.2 Å². The first-order valence-corrected chi connectivity index (χ1v) is 9.23. The fourth-order valence-electron chi connectivity index (χ4n) is 3.13. The normalized spacial score (nSPS) is 10.7. The molecule has 7 nitrogen and oxygen atoms in total. The third-order valence-electron chi connectivity index (χ3n) is 4.55. The number of rotatable bonds is 4. The third kappa shape index (κ3) is 4.06. The summed E-state index contributed by atoms with van der Waals surface area (Å²) in [4.78, 5) is 24.4. The van der Waals surface area contributed by atoms with Crippen molar-refractivity contribution < 1.29 is 18.0 Å². The maximum atomic E-state index is 14.2. The zero-order valence-corrected chi connectivity index (χ0v) is 16.3. The monoisotopic (exact) mass is 436 g/mol. The fraction of sp³-hybridized carbons (Fsp3) is 0. The van der Waals surface area contributed by atoms with Crippen LogP contribution in [0, 0.1) is 17.6 Å². The van der Waals surface area contributed by atoms with Crippen LogP contribution >= 0.6 is 0 Å². The van der Waals surface area contributed by atoms with Crippen LogP contribution in [0.3, 0.4) is 0 Å². The Morgan fingerprint density at radius 3 is 2.41 bits per heavy atom. The molecule has 0 aliphatic heterocycles. The highest BCUT2D eigenvalue weighted by Gasteiger charge is 2.19. The van der Waals surface area contributed by atoms with Crippen LogP contribution in [0.2, 0.25) is 0 Å². The second kappa shape index (κ2) is 8.34. The molecule has 5 N–H and O–H groups in total. The number of nitrogens with one attached hydrogen (secondary N) is 1. The maximum absolute atomic E-state index is 14.2. The van der Waals surface area contributed by atoms with E-state index in [0.29, 0.717) is 11.1 Å². The Bertz CT molecular complexity index is 1300. The van der Waals surface area contributed by atoms with E-state index in [1.807, 2.05) is 0 Å². The van der Waals surface area contributed by atoms with Gasteiger partial charge in [-0.15, -0.1) is 0 Å². The summed E-state index contributed by atoms with van der Waals surface area (Å²) < 4.78 is 42.0. The van der Waals surface area contributed by atoms with E-state index in [4.69, 9.17) is 11.5 Å². The van der Waals surface area contributed by atoms with Gasteiger partial charge in [0, 0.05) is 17.8 Å². The Morgan fingerprint density at radius 2 is 1.69 bits per heavy atom. The van der Waals surface area contributed by atoms with Gasteiger partial charge in [-0.1, -0.05) is 6.07 Å². The first-order valence-electron chi connectivity index (χ1n) is 9.23. The molecule has 160 valence electrons. The lowest BCUT2D eigenvalue weighted by molar-refractivity contribution is 0.102. The minimum Gasteiger partial charge on any atom is -0.397 e. The van der Waals surface area contributed by atoms with Crippen molar-refractivity contribution in [3.05, 3.63) is 84.2 Å². The van der Waals surface area contributed by atoms with Gasteiger partial charge in [0.15, 0.2) is 5.69 Å². The van der Waals surface area contributed by atoms with Crippen LogP contribution in [-0.4, -0.2) is 20.9 Å². The van der Waals surface area contributed by atoms with Gasteiger partial charge in [0.2, 0.25) is 5.95 Å². The minimum absolute atomic E-state index is 0.00682. The summed E-state index contributed by atoms with van der Waals surface area (Å²) in [6.45, 7) is 0. The Hall–Kier alpha value is -4.47. The summed E-state index contributed by atoms with van der Waals surface area (Å²) in [5.74, 6) is -3.25. The first kappa shape index (κ1) is 20.8. The highest BCUT2D eigenvalue weighted by atomic mass is 19.1. The van der Waals surface area contributed by atoms with E-state index in [1.165, 1.54) is 36.7 Å². The predicted octanol–water partition coefficient (Wildman–Crippen LogP) is 4.04. The van der Waals surface area contributed by atoms with Crippen LogP contribution in [0.5, 0.6) is 0 Å². The number of nitrogens with two attached hydrogens (primary N) is 2. The molecule has 0 saturated heterocycles. The number of nitrogen functional groups attached to an aromatic ring is 2. The molecule has 0 saturated carbocycles. The number of carbonyl (C=O) groups excluding carboxylic acids is 1. The lowest BCUT2D eigenvalue weighted by Crippen LogP contribution is -2.17. The largest absolute Gasteiger partial charge is 0.397 e. The highest BCUT2D eigenvalue weighted by Crippen LogP contribution is 2.30. The van der Waals surface area contributed by atoms with Gasteiger partial charge >= 0.3 is 0 Å².